The van der Waals surface area contributed by atoms with Gasteiger partial charge in [-0.1, -0.05) is 66.7 Å². The maximum absolute atomic E-state index is 4.49. The summed E-state index contributed by atoms with van der Waals surface area (Å²) in [4.78, 5) is 4.49. The Bertz CT molecular complexity index is 957. The molecule has 0 fully saturated rings. The minimum Gasteiger partial charge on any atom is -0.329 e. The first-order valence-corrected chi connectivity index (χ1v) is 8.61. The fourth-order valence-electron chi connectivity index (χ4n) is 3.10. The van der Waals surface area contributed by atoms with Crippen LogP contribution in [0.4, 0.5) is 0 Å². The Balaban J connectivity index is 1.39. The number of hydrogen-bond donors (Lipinski definition) is 1. The van der Waals surface area contributed by atoms with Crippen LogP contribution in [0.3, 0.4) is 0 Å². The minimum absolute atomic E-state index is 0.757. The van der Waals surface area contributed by atoms with Crippen molar-refractivity contribution in [3.63, 3.8) is 0 Å². The molecule has 3 nitrogen and oxygen atoms in total. The fraction of sp³-hybridized carbons (Fsp3) is 0.136. The van der Waals surface area contributed by atoms with Crippen LogP contribution in [0, 0.1) is 0 Å². The van der Waals surface area contributed by atoms with Gasteiger partial charge >= 0.3 is 0 Å². The Morgan fingerprint density at radius 1 is 0.760 bits per heavy atom. The molecule has 0 aliphatic rings. The molecule has 0 spiro atoms. The topological polar surface area (TPSA) is 29.9 Å². The van der Waals surface area contributed by atoms with E-state index in [1.54, 1.807) is 0 Å². The molecule has 0 radical (unpaired) electrons. The number of nitrogens with zero attached hydrogens (tertiary/aromatic N) is 2. The molecular weight excluding hydrogens is 306 g/mol. The Labute approximate surface area is 148 Å². The van der Waals surface area contributed by atoms with Crippen LogP contribution in [0.15, 0.2) is 85.2 Å². The molecule has 1 heterocycles. The van der Waals surface area contributed by atoms with Gasteiger partial charge < -0.3 is 9.88 Å². The monoisotopic (exact) mass is 327 g/mol. The number of benzene rings is 3. The lowest BCUT2D eigenvalue weighted by atomic mass is 10.1. The van der Waals surface area contributed by atoms with Crippen molar-refractivity contribution in [2.45, 2.75) is 19.6 Å². The zero-order valence-electron chi connectivity index (χ0n) is 14.1. The SMILES string of the molecule is c1ccc(Cn2ccnc2CNCc2ccc3ccccc3c2)cc1. The lowest BCUT2D eigenvalue weighted by Crippen LogP contribution is -2.17. The van der Waals surface area contributed by atoms with Gasteiger partial charge in [0.1, 0.15) is 5.82 Å². The van der Waals surface area contributed by atoms with Crippen LogP contribution in [-0.2, 0) is 19.6 Å². The standard InChI is InChI=1S/C22H21N3/c1-2-6-18(7-3-1)17-25-13-12-24-22(25)16-23-15-19-10-11-20-8-4-5-9-21(20)14-19/h1-14,23H,15-17H2. The van der Waals surface area contributed by atoms with Crippen molar-refractivity contribution in [2.24, 2.45) is 0 Å². The van der Waals surface area contributed by atoms with Crippen LogP contribution in [0.1, 0.15) is 17.0 Å². The maximum atomic E-state index is 4.49. The number of aromatic nitrogens is 2. The summed E-state index contributed by atoms with van der Waals surface area (Å²) in [6.07, 6.45) is 3.91. The average molecular weight is 327 g/mol. The van der Waals surface area contributed by atoms with E-state index >= 15 is 0 Å². The van der Waals surface area contributed by atoms with Crippen molar-refractivity contribution in [1.29, 1.82) is 0 Å². The van der Waals surface area contributed by atoms with Gasteiger partial charge in [-0.25, -0.2) is 4.98 Å². The van der Waals surface area contributed by atoms with Gasteiger partial charge in [-0.05, 0) is 28.0 Å². The number of hydrogen-bond acceptors (Lipinski definition) is 2. The third kappa shape index (κ3) is 3.78. The van der Waals surface area contributed by atoms with Gasteiger partial charge in [0.2, 0.25) is 0 Å². The van der Waals surface area contributed by atoms with Gasteiger partial charge in [-0.3, -0.25) is 0 Å². The first-order valence-electron chi connectivity index (χ1n) is 8.61. The Morgan fingerprint density at radius 2 is 1.56 bits per heavy atom. The van der Waals surface area contributed by atoms with Gasteiger partial charge in [-0.15, -0.1) is 0 Å². The van der Waals surface area contributed by atoms with E-state index in [0.29, 0.717) is 0 Å². The Hall–Kier alpha value is -2.91. The van der Waals surface area contributed by atoms with Crippen molar-refractivity contribution < 1.29 is 0 Å². The molecule has 0 aliphatic heterocycles. The van der Waals surface area contributed by atoms with Gasteiger partial charge in [0.25, 0.3) is 0 Å². The van der Waals surface area contributed by atoms with E-state index in [9.17, 15) is 0 Å². The van der Waals surface area contributed by atoms with Crippen molar-refractivity contribution in [2.75, 3.05) is 0 Å². The molecule has 124 valence electrons. The van der Waals surface area contributed by atoms with E-state index in [1.165, 1.54) is 21.9 Å². The van der Waals surface area contributed by atoms with Crippen molar-refractivity contribution in [1.82, 2.24) is 14.9 Å². The number of imidazole rings is 1. The quantitative estimate of drug-likeness (QED) is 0.570. The van der Waals surface area contributed by atoms with E-state index in [4.69, 9.17) is 0 Å². The molecule has 0 saturated carbocycles. The third-order valence-electron chi connectivity index (χ3n) is 4.42. The molecule has 4 aromatic rings. The normalized spacial score (nSPS) is 11.0. The zero-order valence-corrected chi connectivity index (χ0v) is 14.1. The summed E-state index contributed by atoms with van der Waals surface area (Å²) >= 11 is 0. The van der Waals surface area contributed by atoms with Crippen molar-refractivity contribution in [3.05, 3.63) is 102 Å². The average Bonchev–Trinajstić information content (AvgIpc) is 3.09. The van der Waals surface area contributed by atoms with Crippen LogP contribution in [-0.4, -0.2) is 9.55 Å². The predicted molar refractivity (Wildman–Crippen MR) is 102 cm³/mol. The highest BCUT2D eigenvalue weighted by Crippen LogP contribution is 2.15. The van der Waals surface area contributed by atoms with Crippen LogP contribution < -0.4 is 5.32 Å². The maximum Gasteiger partial charge on any atom is 0.122 e. The fourth-order valence-corrected chi connectivity index (χ4v) is 3.10. The summed E-state index contributed by atoms with van der Waals surface area (Å²) in [6.45, 7) is 2.45. The van der Waals surface area contributed by atoms with Crippen molar-refractivity contribution >= 4 is 10.8 Å². The predicted octanol–water partition coefficient (Wildman–Crippen LogP) is 4.37. The van der Waals surface area contributed by atoms with Crippen molar-refractivity contribution in [3.8, 4) is 0 Å². The van der Waals surface area contributed by atoms with E-state index in [1.807, 2.05) is 18.5 Å². The molecule has 0 saturated heterocycles. The first kappa shape index (κ1) is 15.6. The van der Waals surface area contributed by atoms with Gasteiger partial charge in [-0.2, -0.15) is 0 Å². The Kier molecular flexibility index (Phi) is 4.57. The number of rotatable bonds is 6. The van der Waals surface area contributed by atoms with Gasteiger partial charge in [0.05, 0.1) is 6.54 Å². The van der Waals surface area contributed by atoms with Gasteiger partial charge in [0, 0.05) is 25.5 Å². The molecule has 0 unspecified atom stereocenters. The van der Waals surface area contributed by atoms with E-state index in [0.717, 1.165) is 25.5 Å². The summed E-state index contributed by atoms with van der Waals surface area (Å²) < 4.78 is 2.20. The molecule has 0 aliphatic carbocycles. The van der Waals surface area contributed by atoms with Crippen LogP contribution in [0.25, 0.3) is 10.8 Å². The summed E-state index contributed by atoms with van der Waals surface area (Å²) in [5.41, 5.74) is 2.58. The summed E-state index contributed by atoms with van der Waals surface area (Å²) in [7, 11) is 0. The molecule has 3 heteroatoms. The Morgan fingerprint density at radius 3 is 2.44 bits per heavy atom. The molecule has 0 amide bonds. The molecule has 0 atom stereocenters. The highest BCUT2D eigenvalue weighted by Gasteiger charge is 2.04. The first-order chi connectivity index (χ1) is 12.4. The van der Waals surface area contributed by atoms with Gasteiger partial charge in [0.15, 0.2) is 0 Å². The molecule has 25 heavy (non-hydrogen) atoms. The van der Waals surface area contributed by atoms with Crippen LogP contribution in [0.2, 0.25) is 0 Å². The second-order valence-corrected chi connectivity index (χ2v) is 6.24. The lowest BCUT2D eigenvalue weighted by molar-refractivity contribution is 0.622. The molecule has 3 aromatic carbocycles. The second kappa shape index (κ2) is 7.32. The minimum atomic E-state index is 0.757. The zero-order chi connectivity index (χ0) is 16.9. The van der Waals surface area contributed by atoms with Crippen LogP contribution in [0.5, 0.6) is 0 Å². The molecular formula is C22H21N3. The highest BCUT2D eigenvalue weighted by molar-refractivity contribution is 5.82. The molecule has 4 rings (SSSR count). The lowest BCUT2D eigenvalue weighted by Gasteiger charge is -2.10. The molecule has 1 N–H and O–H groups in total. The highest BCUT2D eigenvalue weighted by atomic mass is 15.1. The smallest absolute Gasteiger partial charge is 0.122 e. The summed E-state index contributed by atoms with van der Waals surface area (Å²) in [5, 5.41) is 6.08. The number of nitrogens with one attached hydrogen (secondary N) is 1. The molecule has 1 aromatic heterocycles. The largest absolute Gasteiger partial charge is 0.329 e. The van der Waals surface area contributed by atoms with E-state index in [-0.39, 0.29) is 0 Å². The van der Waals surface area contributed by atoms with Crippen LogP contribution >= 0.6 is 0 Å². The third-order valence-corrected chi connectivity index (χ3v) is 4.42. The summed E-state index contributed by atoms with van der Waals surface area (Å²) in [5.74, 6) is 1.06. The summed E-state index contributed by atoms with van der Waals surface area (Å²) in [6, 6.07) is 25.6. The number of fused-ring (bicyclic) bond motifs is 1. The van der Waals surface area contributed by atoms with E-state index < -0.39 is 0 Å². The van der Waals surface area contributed by atoms with E-state index in [2.05, 4.69) is 81.6 Å². The second-order valence-electron chi connectivity index (χ2n) is 6.24. The molecule has 0 bridgehead atoms.